The summed E-state index contributed by atoms with van der Waals surface area (Å²) in [6.07, 6.45) is 3.66. The highest BCUT2D eigenvalue weighted by Gasteiger charge is 2.20. The summed E-state index contributed by atoms with van der Waals surface area (Å²) in [4.78, 5) is 11.6. The summed E-state index contributed by atoms with van der Waals surface area (Å²) in [5.41, 5.74) is 0. The van der Waals surface area contributed by atoms with Crippen molar-refractivity contribution in [3.05, 3.63) is 12.7 Å². The van der Waals surface area contributed by atoms with Crippen LogP contribution in [0.15, 0.2) is 12.7 Å². The summed E-state index contributed by atoms with van der Waals surface area (Å²) >= 11 is 0. The Kier molecular flexibility index (Phi) is 3.96. The molecule has 1 aliphatic rings. The van der Waals surface area contributed by atoms with Crippen molar-refractivity contribution in [2.45, 2.75) is 25.8 Å². The molecule has 0 aromatic carbocycles. The molecular formula is C10H18N2O. The van der Waals surface area contributed by atoms with Gasteiger partial charge in [0, 0.05) is 12.0 Å². The minimum Gasteiger partial charge on any atom is -0.350 e. The number of piperidine rings is 1. The first-order valence-electron chi connectivity index (χ1n) is 4.87. The minimum absolute atomic E-state index is 0.0855. The van der Waals surface area contributed by atoms with Crippen molar-refractivity contribution in [3.63, 3.8) is 0 Å². The molecule has 0 spiro atoms. The summed E-state index contributed by atoms with van der Waals surface area (Å²) in [6, 6.07) is 0.0855. The van der Waals surface area contributed by atoms with Crippen LogP contribution in [0, 0.1) is 5.92 Å². The van der Waals surface area contributed by atoms with Gasteiger partial charge < -0.3 is 10.6 Å². The summed E-state index contributed by atoms with van der Waals surface area (Å²) in [6.45, 7) is 7.49. The Hall–Kier alpha value is -0.830. The van der Waals surface area contributed by atoms with E-state index in [-0.39, 0.29) is 17.9 Å². The van der Waals surface area contributed by atoms with E-state index in [4.69, 9.17) is 0 Å². The van der Waals surface area contributed by atoms with Crippen molar-refractivity contribution in [1.82, 2.24) is 10.6 Å². The van der Waals surface area contributed by atoms with Crippen LogP contribution in [0.2, 0.25) is 0 Å². The number of nitrogens with one attached hydrogen (secondary N) is 2. The van der Waals surface area contributed by atoms with Gasteiger partial charge in [-0.25, -0.2) is 0 Å². The topological polar surface area (TPSA) is 41.1 Å². The molecule has 2 N–H and O–H groups in total. The lowest BCUT2D eigenvalue weighted by Crippen LogP contribution is -2.41. The predicted molar refractivity (Wildman–Crippen MR) is 53.4 cm³/mol. The molecule has 1 heterocycles. The Bertz CT molecular complexity index is 185. The normalized spacial score (nSPS) is 20.7. The molecule has 0 aromatic heterocycles. The van der Waals surface area contributed by atoms with Crippen LogP contribution in [0.5, 0.6) is 0 Å². The molecule has 1 rings (SSSR count). The monoisotopic (exact) mass is 182 g/mol. The van der Waals surface area contributed by atoms with Crippen molar-refractivity contribution < 1.29 is 4.79 Å². The van der Waals surface area contributed by atoms with Gasteiger partial charge in [0.25, 0.3) is 0 Å². The molecule has 1 aliphatic heterocycles. The highest BCUT2D eigenvalue weighted by Crippen LogP contribution is 2.11. The molecule has 0 radical (unpaired) electrons. The smallest absolute Gasteiger partial charge is 0.223 e. The predicted octanol–water partition coefficient (Wildman–Crippen LogP) is 0.677. The molecule has 1 fully saturated rings. The van der Waals surface area contributed by atoms with Gasteiger partial charge in [0.05, 0.1) is 0 Å². The SMILES string of the molecule is C=CC(C)NC(=O)C1CCNCC1. The van der Waals surface area contributed by atoms with E-state index < -0.39 is 0 Å². The van der Waals surface area contributed by atoms with Crippen LogP contribution in [-0.2, 0) is 4.79 Å². The average molecular weight is 182 g/mol. The standard InChI is InChI=1S/C10H18N2O/c1-3-8(2)12-10(13)9-4-6-11-7-5-9/h3,8-9,11H,1,4-7H2,2H3,(H,12,13). The van der Waals surface area contributed by atoms with Crippen LogP contribution in [0.25, 0.3) is 0 Å². The van der Waals surface area contributed by atoms with Crippen LogP contribution in [0.3, 0.4) is 0 Å². The largest absolute Gasteiger partial charge is 0.350 e. The lowest BCUT2D eigenvalue weighted by atomic mass is 9.97. The zero-order chi connectivity index (χ0) is 9.68. The molecule has 1 amide bonds. The van der Waals surface area contributed by atoms with E-state index >= 15 is 0 Å². The van der Waals surface area contributed by atoms with E-state index in [2.05, 4.69) is 17.2 Å². The second kappa shape index (κ2) is 5.02. The van der Waals surface area contributed by atoms with Gasteiger partial charge in [-0.1, -0.05) is 6.08 Å². The number of amides is 1. The Balaban J connectivity index is 2.32. The third-order valence-corrected chi connectivity index (χ3v) is 2.43. The summed E-state index contributed by atoms with van der Waals surface area (Å²) in [5.74, 6) is 0.373. The van der Waals surface area contributed by atoms with Crippen molar-refractivity contribution in [3.8, 4) is 0 Å². The Morgan fingerprint density at radius 2 is 2.23 bits per heavy atom. The molecule has 0 aliphatic carbocycles. The lowest BCUT2D eigenvalue weighted by Gasteiger charge is -2.22. The third-order valence-electron chi connectivity index (χ3n) is 2.43. The van der Waals surface area contributed by atoms with E-state index in [0.29, 0.717) is 0 Å². The fourth-order valence-corrected chi connectivity index (χ4v) is 1.49. The zero-order valence-electron chi connectivity index (χ0n) is 8.18. The van der Waals surface area contributed by atoms with Crippen molar-refractivity contribution >= 4 is 5.91 Å². The van der Waals surface area contributed by atoms with Gasteiger partial charge in [-0.05, 0) is 32.9 Å². The van der Waals surface area contributed by atoms with Gasteiger partial charge in [0.2, 0.25) is 5.91 Å². The highest BCUT2D eigenvalue weighted by atomic mass is 16.1. The van der Waals surface area contributed by atoms with Crippen LogP contribution in [0.1, 0.15) is 19.8 Å². The minimum atomic E-state index is 0.0855. The second-order valence-electron chi connectivity index (χ2n) is 3.56. The molecule has 0 aromatic rings. The summed E-state index contributed by atoms with van der Waals surface area (Å²) < 4.78 is 0. The van der Waals surface area contributed by atoms with E-state index in [9.17, 15) is 4.79 Å². The van der Waals surface area contributed by atoms with Crippen molar-refractivity contribution in [2.24, 2.45) is 5.92 Å². The van der Waals surface area contributed by atoms with Crippen molar-refractivity contribution in [1.29, 1.82) is 0 Å². The van der Waals surface area contributed by atoms with Crippen LogP contribution in [0.4, 0.5) is 0 Å². The molecular weight excluding hydrogens is 164 g/mol. The Morgan fingerprint density at radius 1 is 1.62 bits per heavy atom. The first-order chi connectivity index (χ1) is 6.24. The van der Waals surface area contributed by atoms with E-state index in [1.165, 1.54) is 0 Å². The average Bonchev–Trinajstić information content (AvgIpc) is 2.19. The summed E-state index contributed by atoms with van der Waals surface area (Å²) in [7, 11) is 0. The Morgan fingerprint density at radius 3 is 2.77 bits per heavy atom. The quantitative estimate of drug-likeness (QED) is 0.630. The fourth-order valence-electron chi connectivity index (χ4n) is 1.49. The molecule has 3 nitrogen and oxygen atoms in total. The van der Waals surface area contributed by atoms with E-state index in [1.807, 2.05) is 6.92 Å². The fraction of sp³-hybridized carbons (Fsp3) is 0.700. The molecule has 1 saturated heterocycles. The number of rotatable bonds is 3. The maximum absolute atomic E-state index is 11.6. The maximum Gasteiger partial charge on any atom is 0.223 e. The Labute approximate surface area is 79.6 Å². The van der Waals surface area contributed by atoms with E-state index in [0.717, 1.165) is 25.9 Å². The lowest BCUT2D eigenvalue weighted by molar-refractivity contribution is -0.126. The van der Waals surface area contributed by atoms with Gasteiger partial charge >= 0.3 is 0 Å². The van der Waals surface area contributed by atoms with Crippen LogP contribution < -0.4 is 10.6 Å². The van der Waals surface area contributed by atoms with Gasteiger partial charge in [0.15, 0.2) is 0 Å². The molecule has 13 heavy (non-hydrogen) atoms. The van der Waals surface area contributed by atoms with Crippen molar-refractivity contribution in [2.75, 3.05) is 13.1 Å². The number of hydrogen-bond donors (Lipinski definition) is 2. The van der Waals surface area contributed by atoms with Gasteiger partial charge in [0.1, 0.15) is 0 Å². The first-order valence-corrected chi connectivity index (χ1v) is 4.87. The van der Waals surface area contributed by atoms with E-state index in [1.54, 1.807) is 6.08 Å². The van der Waals surface area contributed by atoms with Gasteiger partial charge in [-0.15, -0.1) is 6.58 Å². The number of carbonyl (C=O) groups excluding carboxylic acids is 1. The first kappa shape index (κ1) is 10.3. The van der Waals surface area contributed by atoms with Gasteiger partial charge in [-0.2, -0.15) is 0 Å². The summed E-state index contributed by atoms with van der Waals surface area (Å²) in [5, 5.41) is 6.15. The molecule has 3 heteroatoms. The van der Waals surface area contributed by atoms with Gasteiger partial charge in [-0.3, -0.25) is 4.79 Å². The number of carbonyl (C=O) groups is 1. The second-order valence-corrected chi connectivity index (χ2v) is 3.56. The van der Waals surface area contributed by atoms with Crippen LogP contribution in [-0.4, -0.2) is 25.0 Å². The maximum atomic E-state index is 11.6. The number of hydrogen-bond acceptors (Lipinski definition) is 2. The third kappa shape index (κ3) is 3.19. The zero-order valence-corrected chi connectivity index (χ0v) is 8.18. The van der Waals surface area contributed by atoms with Crippen LogP contribution >= 0.6 is 0 Å². The molecule has 1 atom stereocenters. The molecule has 74 valence electrons. The molecule has 0 bridgehead atoms. The molecule has 1 unspecified atom stereocenters. The molecule has 0 saturated carbocycles. The highest BCUT2D eigenvalue weighted by molar-refractivity contribution is 5.79.